The maximum absolute atomic E-state index is 12.9. The van der Waals surface area contributed by atoms with Crippen LogP contribution in [0.15, 0.2) is 53.9 Å². The van der Waals surface area contributed by atoms with Crippen LogP contribution in [0.25, 0.3) is 11.3 Å². The second-order valence-electron chi connectivity index (χ2n) is 7.08. The van der Waals surface area contributed by atoms with Crippen LogP contribution in [0.4, 0.5) is 5.13 Å². The zero-order valence-electron chi connectivity index (χ0n) is 16.6. The lowest BCUT2D eigenvalue weighted by Crippen LogP contribution is -2.34. The molecular weight excluding hydrogens is 384 g/mol. The number of thiazole rings is 1. The van der Waals surface area contributed by atoms with E-state index in [0.29, 0.717) is 18.0 Å². The number of carbonyl (C=O) groups excluding carboxylic acids is 1. The number of hydrogen-bond donors (Lipinski definition) is 0. The lowest BCUT2D eigenvalue weighted by molar-refractivity contribution is -0.119. The molecule has 0 unspecified atom stereocenters. The average molecular weight is 409 g/mol. The van der Waals surface area contributed by atoms with Crippen molar-refractivity contribution in [3.63, 3.8) is 0 Å². The van der Waals surface area contributed by atoms with Gasteiger partial charge in [-0.15, -0.1) is 11.3 Å². The van der Waals surface area contributed by atoms with Gasteiger partial charge in [0, 0.05) is 23.4 Å². The third-order valence-corrected chi connectivity index (χ3v) is 5.92. The molecule has 1 saturated carbocycles. The Kier molecular flexibility index (Phi) is 5.81. The highest BCUT2D eigenvalue weighted by atomic mass is 32.1. The predicted molar refractivity (Wildman–Crippen MR) is 116 cm³/mol. The molecule has 1 fully saturated rings. The van der Waals surface area contributed by atoms with Gasteiger partial charge in [0.05, 0.1) is 19.9 Å². The number of ether oxygens (including phenoxy) is 2. The van der Waals surface area contributed by atoms with E-state index in [-0.39, 0.29) is 11.8 Å². The van der Waals surface area contributed by atoms with E-state index in [1.807, 2.05) is 58.8 Å². The minimum Gasteiger partial charge on any atom is -0.493 e. The summed E-state index contributed by atoms with van der Waals surface area (Å²) >= 11 is 1.52. The van der Waals surface area contributed by atoms with Gasteiger partial charge in [-0.2, -0.15) is 0 Å². The molecule has 0 bridgehead atoms. The standard InChI is InChI=1S/C23H24N2O3S/c1-27-20-11-8-16(14-21(20)28-2)12-13-25(22(26)18-9-10-18)23-24-19(15-29-23)17-6-4-3-5-7-17/h3-8,11,14-15,18H,9-10,12-13H2,1-2H3. The molecule has 1 aliphatic rings. The monoisotopic (exact) mass is 408 g/mol. The average Bonchev–Trinajstić information content (AvgIpc) is 3.51. The lowest BCUT2D eigenvalue weighted by atomic mass is 10.1. The van der Waals surface area contributed by atoms with Gasteiger partial charge in [0.15, 0.2) is 16.6 Å². The van der Waals surface area contributed by atoms with E-state index in [1.54, 1.807) is 14.2 Å². The Hall–Kier alpha value is -2.86. The number of anilines is 1. The minimum atomic E-state index is 0.143. The molecule has 0 aliphatic heterocycles. The molecule has 150 valence electrons. The number of carbonyl (C=O) groups is 1. The highest BCUT2D eigenvalue weighted by Crippen LogP contribution is 2.35. The topological polar surface area (TPSA) is 51.7 Å². The first kappa shape index (κ1) is 19.5. The number of benzene rings is 2. The van der Waals surface area contributed by atoms with E-state index in [2.05, 4.69) is 0 Å². The van der Waals surface area contributed by atoms with E-state index in [1.165, 1.54) is 11.3 Å². The number of amides is 1. The molecule has 1 aliphatic carbocycles. The molecule has 1 amide bonds. The molecule has 0 saturated heterocycles. The summed E-state index contributed by atoms with van der Waals surface area (Å²) in [6, 6.07) is 15.9. The van der Waals surface area contributed by atoms with Crippen molar-refractivity contribution >= 4 is 22.4 Å². The fourth-order valence-electron chi connectivity index (χ4n) is 3.26. The van der Waals surface area contributed by atoms with Crippen molar-refractivity contribution in [1.29, 1.82) is 0 Å². The maximum Gasteiger partial charge on any atom is 0.231 e. The van der Waals surface area contributed by atoms with Crippen LogP contribution >= 0.6 is 11.3 Å². The van der Waals surface area contributed by atoms with Crippen molar-refractivity contribution < 1.29 is 14.3 Å². The number of methoxy groups -OCH3 is 2. The third-order valence-electron chi connectivity index (χ3n) is 5.06. The Morgan fingerprint density at radius 1 is 1.10 bits per heavy atom. The zero-order chi connectivity index (χ0) is 20.2. The van der Waals surface area contributed by atoms with Gasteiger partial charge in [-0.05, 0) is 37.0 Å². The molecule has 0 atom stereocenters. The van der Waals surface area contributed by atoms with Crippen molar-refractivity contribution in [2.24, 2.45) is 5.92 Å². The molecule has 6 heteroatoms. The van der Waals surface area contributed by atoms with Gasteiger partial charge in [-0.25, -0.2) is 4.98 Å². The van der Waals surface area contributed by atoms with Gasteiger partial charge in [-0.3, -0.25) is 9.69 Å². The maximum atomic E-state index is 12.9. The van der Waals surface area contributed by atoms with Crippen LogP contribution in [0.1, 0.15) is 18.4 Å². The molecule has 1 aromatic heterocycles. The Labute approximate surface area is 174 Å². The van der Waals surface area contributed by atoms with Gasteiger partial charge >= 0.3 is 0 Å². The first-order valence-electron chi connectivity index (χ1n) is 9.73. The second kappa shape index (κ2) is 8.66. The van der Waals surface area contributed by atoms with E-state index in [0.717, 1.165) is 41.2 Å². The normalized spacial score (nSPS) is 13.2. The molecule has 2 aromatic carbocycles. The first-order valence-corrected chi connectivity index (χ1v) is 10.6. The van der Waals surface area contributed by atoms with Crippen molar-refractivity contribution in [2.45, 2.75) is 19.3 Å². The van der Waals surface area contributed by atoms with E-state index in [9.17, 15) is 4.79 Å². The molecule has 29 heavy (non-hydrogen) atoms. The minimum absolute atomic E-state index is 0.143. The fourth-order valence-corrected chi connectivity index (χ4v) is 4.12. The van der Waals surface area contributed by atoms with Crippen molar-refractivity contribution in [2.75, 3.05) is 25.7 Å². The molecule has 0 radical (unpaired) electrons. The summed E-state index contributed by atoms with van der Waals surface area (Å²) in [6.45, 7) is 0.590. The smallest absolute Gasteiger partial charge is 0.231 e. The predicted octanol–water partition coefficient (Wildman–Crippen LogP) is 4.81. The second-order valence-corrected chi connectivity index (χ2v) is 7.92. The van der Waals surface area contributed by atoms with E-state index < -0.39 is 0 Å². The molecule has 1 heterocycles. The van der Waals surface area contributed by atoms with Crippen molar-refractivity contribution in [1.82, 2.24) is 4.98 Å². The van der Waals surface area contributed by atoms with Gasteiger partial charge in [0.2, 0.25) is 5.91 Å². The number of rotatable bonds is 8. The summed E-state index contributed by atoms with van der Waals surface area (Å²) in [5.41, 5.74) is 3.06. The van der Waals surface area contributed by atoms with Crippen molar-refractivity contribution in [3.05, 3.63) is 59.5 Å². The van der Waals surface area contributed by atoms with Crippen LogP contribution in [0.5, 0.6) is 11.5 Å². The number of aromatic nitrogens is 1. The van der Waals surface area contributed by atoms with Gasteiger partial charge in [0.1, 0.15) is 0 Å². The first-order chi connectivity index (χ1) is 14.2. The SMILES string of the molecule is COc1ccc(CCN(C(=O)C2CC2)c2nc(-c3ccccc3)cs2)cc1OC. The molecule has 3 aromatic rings. The summed E-state index contributed by atoms with van der Waals surface area (Å²) in [5, 5.41) is 2.79. The summed E-state index contributed by atoms with van der Waals surface area (Å²) in [6.07, 6.45) is 2.67. The largest absolute Gasteiger partial charge is 0.493 e. The van der Waals surface area contributed by atoms with Gasteiger partial charge in [-0.1, -0.05) is 36.4 Å². The zero-order valence-corrected chi connectivity index (χ0v) is 17.4. The lowest BCUT2D eigenvalue weighted by Gasteiger charge is -2.20. The molecule has 5 nitrogen and oxygen atoms in total. The summed E-state index contributed by atoms with van der Waals surface area (Å²) in [4.78, 5) is 19.6. The summed E-state index contributed by atoms with van der Waals surface area (Å²) in [5.74, 6) is 1.73. The fraction of sp³-hybridized carbons (Fsp3) is 0.304. The molecule has 0 N–H and O–H groups in total. The Morgan fingerprint density at radius 2 is 1.86 bits per heavy atom. The van der Waals surface area contributed by atoms with E-state index >= 15 is 0 Å². The van der Waals surface area contributed by atoms with Crippen LogP contribution in [-0.2, 0) is 11.2 Å². The van der Waals surface area contributed by atoms with Gasteiger partial charge in [0.25, 0.3) is 0 Å². The Morgan fingerprint density at radius 3 is 2.55 bits per heavy atom. The van der Waals surface area contributed by atoms with Crippen molar-refractivity contribution in [3.8, 4) is 22.8 Å². The Bertz CT molecular complexity index is 983. The van der Waals surface area contributed by atoms with Gasteiger partial charge < -0.3 is 9.47 Å². The quantitative estimate of drug-likeness (QED) is 0.537. The summed E-state index contributed by atoms with van der Waals surface area (Å²) in [7, 11) is 3.26. The van der Waals surface area contributed by atoms with Crippen LogP contribution < -0.4 is 14.4 Å². The molecular formula is C23H24N2O3S. The number of hydrogen-bond acceptors (Lipinski definition) is 5. The number of nitrogens with zero attached hydrogens (tertiary/aromatic N) is 2. The van der Waals surface area contributed by atoms with Crippen LogP contribution in [0.3, 0.4) is 0 Å². The molecule has 0 spiro atoms. The third kappa shape index (κ3) is 4.43. The highest BCUT2D eigenvalue weighted by molar-refractivity contribution is 7.14. The van der Waals surface area contributed by atoms with Crippen LogP contribution in [0.2, 0.25) is 0 Å². The van der Waals surface area contributed by atoms with Crippen LogP contribution in [-0.4, -0.2) is 31.7 Å². The van der Waals surface area contributed by atoms with E-state index in [4.69, 9.17) is 14.5 Å². The summed E-state index contributed by atoms with van der Waals surface area (Å²) < 4.78 is 10.7. The molecule has 4 rings (SSSR count). The van der Waals surface area contributed by atoms with Crippen LogP contribution in [0, 0.1) is 5.92 Å². The Balaban J connectivity index is 1.54. The highest BCUT2D eigenvalue weighted by Gasteiger charge is 2.35.